The van der Waals surface area contributed by atoms with Crippen molar-refractivity contribution in [1.29, 1.82) is 0 Å². The molecule has 3 unspecified atom stereocenters. The molecule has 1 heterocycles. The number of hydrogen-bond donors (Lipinski definition) is 0. The fourth-order valence-corrected chi connectivity index (χ4v) is 5.05. The highest BCUT2D eigenvalue weighted by molar-refractivity contribution is 5.91. The summed E-state index contributed by atoms with van der Waals surface area (Å²) in [5.74, 6) is -0.0166. The van der Waals surface area contributed by atoms with Crippen molar-refractivity contribution < 1.29 is 38.1 Å². The third kappa shape index (κ3) is 12.4. The Kier molecular flexibility index (Phi) is 15.2. The van der Waals surface area contributed by atoms with Crippen molar-refractivity contribution in [1.82, 2.24) is 0 Å². The molecule has 1 saturated heterocycles. The first kappa shape index (κ1) is 35.4. The molecule has 0 aromatic heterocycles. The fourth-order valence-electron chi connectivity index (χ4n) is 5.05. The molecule has 1 aliphatic heterocycles. The lowest BCUT2D eigenvalue weighted by atomic mass is 10.0. The van der Waals surface area contributed by atoms with Crippen molar-refractivity contribution >= 4 is 17.9 Å². The van der Waals surface area contributed by atoms with E-state index in [2.05, 4.69) is 27.0 Å². The molecule has 0 radical (unpaired) electrons. The van der Waals surface area contributed by atoms with Crippen LogP contribution in [0.15, 0.2) is 73.3 Å². The highest BCUT2D eigenvalue weighted by Gasteiger charge is 2.35. The predicted molar refractivity (Wildman–Crippen MR) is 173 cm³/mol. The van der Waals surface area contributed by atoms with Gasteiger partial charge in [0.1, 0.15) is 29.5 Å². The zero-order valence-corrected chi connectivity index (χ0v) is 26.8. The second kappa shape index (κ2) is 19.3. The molecule has 0 N–H and O–H groups in total. The molecule has 8 nitrogen and oxygen atoms in total. The van der Waals surface area contributed by atoms with E-state index in [1.54, 1.807) is 48.5 Å². The quantitative estimate of drug-likeness (QED) is 0.0450. The van der Waals surface area contributed by atoms with Crippen LogP contribution in [0.5, 0.6) is 17.2 Å². The van der Waals surface area contributed by atoms with Crippen LogP contribution in [0.25, 0.3) is 0 Å². The molecule has 1 fully saturated rings. The van der Waals surface area contributed by atoms with Crippen molar-refractivity contribution in [2.24, 2.45) is 0 Å². The number of rotatable bonds is 21. The van der Waals surface area contributed by atoms with Crippen LogP contribution in [-0.4, -0.2) is 36.4 Å². The highest BCUT2D eigenvalue weighted by atomic mass is 16.7. The number of benzene rings is 2. The molecule has 2 aromatic carbocycles. The molecule has 3 atom stereocenters. The van der Waals surface area contributed by atoms with Gasteiger partial charge >= 0.3 is 17.9 Å². The van der Waals surface area contributed by atoms with Crippen molar-refractivity contribution in [3.63, 3.8) is 0 Å². The van der Waals surface area contributed by atoms with Crippen molar-refractivity contribution in [2.75, 3.05) is 0 Å². The normalized spacial score (nSPS) is 15.6. The standard InChI is InChI=1S/C37H48O8/c1-5-8-10-12-13-14-16-32(33-26-27(4)36(39)44-33)41-29-20-18-28(19-21-29)37(40)43-31-24-22-30(23-25-31)42-35(45-34(38)7-3)17-15-11-9-6-2/h7,18-25,32-33,35H,3-6,8-17,26H2,1-2H3. The summed E-state index contributed by atoms with van der Waals surface area (Å²) in [6.45, 7) is 11.6. The molecule has 2 aromatic rings. The average molecular weight is 621 g/mol. The summed E-state index contributed by atoms with van der Waals surface area (Å²) in [5.41, 5.74) is 0.826. The van der Waals surface area contributed by atoms with Gasteiger partial charge in [0.05, 0.1) is 5.56 Å². The zero-order valence-electron chi connectivity index (χ0n) is 26.8. The van der Waals surface area contributed by atoms with Gasteiger partial charge in [-0.1, -0.05) is 78.4 Å². The van der Waals surface area contributed by atoms with Crippen molar-refractivity contribution in [3.8, 4) is 17.2 Å². The first-order chi connectivity index (χ1) is 21.8. The molecule has 1 aliphatic rings. The van der Waals surface area contributed by atoms with E-state index in [0.717, 1.165) is 51.0 Å². The van der Waals surface area contributed by atoms with Gasteiger partial charge in [0.25, 0.3) is 0 Å². The van der Waals surface area contributed by atoms with E-state index >= 15 is 0 Å². The Balaban J connectivity index is 1.55. The Morgan fingerprint density at radius 3 is 2.00 bits per heavy atom. The lowest BCUT2D eigenvalue weighted by molar-refractivity contribution is -0.158. The predicted octanol–water partition coefficient (Wildman–Crippen LogP) is 8.68. The average Bonchev–Trinajstić information content (AvgIpc) is 3.38. The third-order valence-corrected chi connectivity index (χ3v) is 7.64. The van der Waals surface area contributed by atoms with Gasteiger partial charge in [-0.2, -0.15) is 0 Å². The smallest absolute Gasteiger partial charge is 0.343 e. The van der Waals surface area contributed by atoms with E-state index in [1.165, 1.54) is 25.7 Å². The van der Waals surface area contributed by atoms with Gasteiger partial charge in [0.15, 0.2) is 0 Å². The van der Waals surface area contributed by atoms with Crippen LogP contribution >= 0.6 is 0 Å². The Morgan fingerprint density at radius 1 is 0.822 bits per heavy atom. The molecule has 8 heteroatoms. The summed E-state index contributed by atoms with van der Waals surface area (Å²) in [6.07, 6.45) is 12.5. The van der Waals surface area contributed by atoms with E-state index < -0.39 is 18.2 Å². The number of carbonyl (C=O) groups is 3. The Morgan fingerprint density at radius 2 is 1.38 bits per heavy atom. The Hall–Kier alpha value is -4.07. The molecule has 0 amide bonds. The van der Waals surface area contributed by atoms with Crippen LogP contribution in [0.2, 0.25) is 0 Å². The van der Waals surface area contributed by atoms with Gasteiger partial charge < -0.3 is 23.7 Å². The fraction of sp³-hybridized carbons (Fsp3) is 0.486. The second-order valence-electron chi connectivity index (χ2n) is 11.4. The summed E-state index contributed by atoms with van der Waals surface area (Å²) < 4.78 is 28.6. The van der Waals surface area contributed by atoms with Crippen molar-refractivity contribution in [2.45, 2.75) is 116 Å². The molecular weight excluding hydrogens is 572 g/mol. The Bertz CT molecular complexity index is 1220. The number of esters is 3. The zero-order chi connectivity index (χ0) is 32.4. The summed E-state index contributed by atoms with van der Waals surface area (Å²) >= 11 is 0. The number of carbonyl (C=O) groups excluding carboxylic acids is 3. The third-order valence-electron chi connectivity index (χ3n) is 7.64. The summed E-state index contributed by atoms with van der Waals surface area (Å²) in [7, 11) is 0. The monoisotopic (exact) mass is 620 g/mol. The molecule has 244 valence electrons. The van der Waals surface area contributed by atoms with E-state index in [-0.39, 0.29) is 18.2 Å². The SMILES string of the molecule is C=CC(=O)OC(CCCCCC)Oc1ccc(OC(=O)c2ccc(OC(CCCCCCCC)C3CC(=C)C(=O)O3)cc2)cc1. The van der Waals surface area contributed by atoms with E-state index in [4.69, 9.17) is 23.7 Å². The maximum Gasteiger partial charge on any atom is 0.343 e. The maximum absolute atomic E-state index is 12.8. The van der Waals surface area contributed by atoms with Gasteiger partial charge in [-0.15, -0.1) is 0 Å². The highest BCUT2D eigenvalue weighted by Crippen LogP contribution is 2.28. The van der Waals surface area contributed by atoms with Gasteiger partial charge in [-0.25, -0.2) is 14.4 Å². The first-order valence-corrected chi connectivity index (χ1v) is 16.3. The first-order valence-electron chi connectivity index (χ1n) is 16.3. The van der Waals surface area contributed by atoms with Crippen LogP contribution in [0.4, 0.5) is 0 Å². The molecule has 0 saturated carbocycles. The maximum atomic E-state index is 12.8. The lowest BCUT2D eigenvalue weighted by Crippen LogP contribution is -2.31. The largest absolute Gasteiger partial charge is 0.487 e. The molecule has 0 spiro atoms. The van der Waals surface area contributed by atoms with Gasteiger partial charge in [-0.3, -0.25) is 0 Å². The Labute approximate surface area is 267 Å². The van der Waals surface area contributed by atoms with Gasteiger partial charge in [-0.05, 0) is 67.8 Å². The minimum absolute atomic E-state index is 0.297. The molecule has 0 aliphatic carbocycles. The van der Waals surface area contributed by atoms with Crippen molar-refractivity contribution in [3.05, 3.63) is 78.9 Å². The molecular formula is C37H48O8. The number of ether oxygens (including phenoxy) is 5. The van der Waals surface area contributed by atoms with Crippen LogP contribution in [0.3, 0.4) is 0 Å². The number of unbranched alkanes of at least 4 members (excludes halogenated alkanes) is 8. The van der Waals surface area contributed by atoms with E-state index in [0.29, 0.717) is 41.2 Å². The van der Waals surface area contributed by atoms with Crippen LogP contribution in [-0.2, 0) is 19.1 Å². The minimum Gasteiger partial charge on any atom is -0.487 e. The van der Waals surface area contributed by atoms with E-state index in [1.807, 2.05) is 0 Å². The minimum atomic E-state index is -0.730. The van der Waals surface area contributed by atoms with Crippen LogP contribution in [0, 0.1) is 0 Å². The van der Waals surface area contributed by atoms with Crippen LogP contribution < -0.4 is 14.2 Å². The number of cyclic esters (lactones) is 1. The van der Waals surface area contributed by atoms with E-state index in [9.17, 15) is 14.4 Å². The molecule has 0 bridgehead atoms. The number of hydrogen-bond acceptors (Lipinski definition) is 8. The summed E-state index contributed by atoms with van der Waals surface area (Å²) in [6, 6.07) is 13.3. The summed E-state index contributed by atoms with van der Waals surface area (Å²) in [5, 5.41) is 0. The molecule has 3 rings (SSSR count). The lowest BCUT2D eigenvalue weighted by Gasteiger charge is -2.24. The van der Waals surface area contributed by atoms with Crippen LogP contribution in [0.1, 0.15) is 108 Å². The summed E-state index contributed by atoms with van der Waals surface area (Å²) in [4.78, 5) is 36.6. The van der Waals surface area contributed by atoms with Gasteiger partial charge in [0.2, 0.25) is 6.29 Å². The second-order valence-corrected chi connectivity index (χ2v) is 11.4. The molecule has 45 heavy (non-hydrogen) atoms. The van der Waals surface area contributed by atoms with Gasteiger partial charge in [0, 0.05) is 24.5 Å². The topological polar surface area (TPSA) is 97.4 Å².